The third-order valence-corrected chi connectivity index (χ3v) is 5.73. The number of nitrogen functional groups attached to an aromatic ring is 2. The number of amides is 1. The van der Waals surface area contributed by atoms with Gasteiger partial charge in [-0.15, -0.1) is 11.3 Å². The van der Waals surface area contributed by atoms with Crippen LogP contribution in [0.25, 0.3) is 21.5 Å². The van der Waals surface area contributed by atoms with Crippen molar-refractivity contribution < 1.29 is 19.1 Å². The maximum Gasteiger partial charge on any atom is 0.435 e. The molecule has 7 N–H and O–H groups in total. The molecule has 1 amide bonds. The first-order valence-corrected chi connectivity index (χ1v) is 9.70. The second-order valence-electron chi connectivity index (χ2n) is 6.57. The van der Waals surface area contributed by atoms with Crippen LogP contribution < -0.4 is 32.6 Å². The number of nitrogens with one attached hydrogen (secondary N) is 1. The molecule has 13 heteroatoms. The fourth-order valence-electron chi connectivity index (χ4n) is 3.23. The predicted octanol–water partition coefficient (Wildman–Crippen LogP) is -0.357. The van der Waals surface area contributed by atoms with Gasteiger partial charge in [-0.2, -0.15) is 5.26 Å². The molecule has 4 aromatic rings. The van der Waals surface area contributed by atoms with E-state index >= 15 is 0 Å². The van der Waals surface area contributed by atoms with Gasteiger partial charge in [0.15, 0.2) is 7.05 Å². The largest absolute Gasteiger partial charge is 0.858 e. The maximum absolute atomic E-state index is 12.9. The monoisotopic (exact) mass is 450 g/mol. The highest BCUT2D eigenvalue weighted by atomic mass is 32.1. The summed E-state index contributed by atoms with van der Waals surface area (Å²) in [4.78, 5) is 32.3. The average molecular weight is 450 g/mol. The molecule has 0 aliphatic heterocycles. The molecule has 1 aromatic carbocycles. The summed E-state index contributed by atoms with van der Waals surface area (Å²) in [6, 6.07) is 8.00. The smallest absolute Gasteiger partial charge is 0.435 e. The fraction of sp³-hybridized carbons (Fsp3) is 0.0526. The van der Waals surface area contributed by atoms with Gasteiger partial charge in [0, 0.05) is 5.90 Å². The molecule has 0 atom stereocenters. The number of fused-ring (bicyclic) bond motifs is 1. The zero-order chi connectivity index (χ0) is 23.2. The Morgan fingerprint density at radius 3 is 2.72 bits per heavy atom. The number of primary amides is 1. The fourth-order valence-corrected chi connectivity index (χ4v) is 4.23. The number of pyridine rings is 1. The number of hydrogen-bond acceptors (Lipinski definition) is 10. The van der Waals surface area contributed by atoms with E-state index in [1.54, 1.807) is 12.1 Å². The molecule has 0 unspecified atom stereocenters. The lowest BCUT2D eigenvalue weighted by atomic mass is 10.0. The number of H-pyrrole nitrogens is 1. The third-order valence-electron chi connectivity index (χ3n) is 4.64. The Bertz CT molecular complexity index is 1540. The summed E-state index contributed by atoms with van der Waals surface area (Å²) in [5.41, 5.74) is 16.8. The van der Waals surface area contributed by atoms with Crippen LogP contribution in [0.1, 0.15) is 20.8 Å². The second-order valence-corrected chi connectivity index (χ2v) is 7.57. The first-order valence-electron chi connectivity index (χ1n) is 8.88. The van der Waals surface area contributed by atoms with Crippen molar-refractivity contribution in [3.8, 4) is 17.3 Å². The van der Waals surface area contributed by atoms with E-state index in [4.69, 9.17) is 21.7 Å². The number of nitrogens with two attached hydrogens (primary N) is 3. The van der Waals surface area contributed by atoms with Crippen LogP contribution in [0.4, 0.5) is 17.2 Å². The number of hydrogen-bond donors (Lipinski definition) is 4. The number of aromatic amines is 1. The molecule has 0 spiro atoms. The van der Waals surface area contributed by atoms with E-state index in [0.717, 1.165) is 11.3 Å². The lowest BCUT2D eigenvalue weighted by Gasteiger charge is -2.11. The zero-order valence-electron chi connectivity index (χ0n) is 16.4. The van der Waals surface area contributed by atoms with Gasteiger partial charge in [-0.25, -0.2) is 9.78 Å². The maximum atomic E-state index is 12.9. The molecule has 3 heterocycles. The summed E-state index contributed by atoms with van der Waals surface area (Å²) >= 11 is 0.885. The number of aromatic nitrogens is 3. The van der Waals surface area contributed by atoms with E-state index in [-0.39, 0.29) is 54.7 Å². The highest BCUT2D eigenvalue weighted by Gasteiger charge is 2.31. The summed E-state index contributed by atoms with van der Waals surface area (Å²) < 4.78 is 6.05. The van der Waals surface area contributed by atoms with E-state index in [0.29, 0.717) is 0 Å². The van der Waals surface area contributed by atoms with Crippen molar-refractivity contribution in [1.82, 2.24) is 10.3 Å². The Kier molecular flexibility index (Phi) is 4.84. The van der Waals surface area contributed by atoms with Gasteiger partial charge in [-0.3, -0.25) is 14.3 Å². The van der Waals surface area contributed by atoms with Gasteiger partial charge in [0.05, 0.1) is 32.8 Å². The number of rotatable bonds is 4. The van der Waals surface area contributed by atoms with Crippen LogP contribution in [0.2, 0.25) is 0 Å². The van der Waals surface area contributed by atoms with Crippen molar-refractivity contribution in [1.29, 1.82) is 5.26 Å². The first kappa shape index (κ1) is 20.6. The van der Waals surface area contributed by atoms with Crippen LogP contribution in [0, 0.1) is 11.3 Å². The number of para-hydroxylation sites is 1. The minimum atomic E-state index is -0.769. The van der Waals surface area contributed by atoms with E-state index in [1.807, 2.05) is 6.07 Å². The van der Waals surface area contributed by atoms with Crippen molar-refractivity contribution in [2.24, 2.45) is 17.8 Å². The standard InChI is InChI=1S/C19H14N8O4S/c1-27-13(19(30)31-26-27)10-8(6-20)15(22)25-18-11(10)12(21)14(32-18)17(29)24-9-5-3-2-4-7(9)16(23)28/h2-5H,1H3,(H7-,21,22,23,24,25,26,28,29,30). The first-order chi connectivity index (χ1) is 15.2. The van der Waals surface area contributed by atoms with E-state index in [2.05, 4.69) is 15.2 Å². The van der Waals surface area contributed by atoms with Crippen LogP contribution in [0.15, 0.2) is 38.6 Å². The molecule has 0 fully saturated rings. The summed E-state index contributed by atoms with van der Waals surface area (Å²) in [6.45, 7) is 0. The van der Waals surface area contributed by atoms with Gasteiger partial charge >= 0.3 is 11.3 Å². The molecule has 3 aromatic heterocycles. The van der Waals surface area contributed by atoms with E-state index in [1.165, 1.54) is 23.9 Å². The third kappa shape index (κ3) is 3.11. The topological polar surface area (TPSA) is 217 Å². The number of nitriles is 1. The molecule has 0 aliphatic rings. The van der Waals surface area contributed by atoms with Gasteiger partial charge in [0.1, 0.15) is 22.3 Å². The Labute approximate surface area is 182 Å². The van der Waals surface area contributed by atoms with E-state index in [9.17, 15) is 20.0 Å². The number of benzene rings is 1. The summed E-state index contributed by atoms with van der Waals surface area (Å²) in [5, 5.41) is 25.1. The normalized spacial score (nSPS) is 11.6. The van der Waals surface area contributed by atoms with Crippen molar-refractivity contribution >= 4 is 50.6 Å². The van der Waals surface area contributed by atoms with Gasteiger partial charge in [0.2, 0.25) is 0 Å². The molecular weight excluding hydrogens is 436 g/mol. The molecular formula is C19H14N8O4S. The highest BCUT2D eigenvalue weighted by Crippen LogP contribution is 2.41. The Balaban J connectivity index is 2.03. The van der Waals surface area contributed by atoms with Crippen molar-refractivity contribution in [3.63, 3.8) is 0 Å². The van der Waals surface area contributed by atoms with Gasteiger partial charge in [-0.1, -0.05) is 16.8 Å². The number of aliphatic imine (C=N–C) groups is 1. The Morgan fingerprint density at radius 2 is 2.09 bits per heavy atom. The quantitative estimate of drug-likeness (QED) is 0.182. The van der Waals surface area contributed by atoms with Crippen LogP contribution in [0.3, 0.4) is 0 Å². The van der Waals surface area contributed by atoms with Gasteiger partial charge in [-0.05, 0) is 17.4 Å². The van der Waals surface area contributed by atoms with Crippen LogP contribution >= 0.6 is 11.3 Å². The van der Waals surface area contributed by atoms with Crippen LogP contribution in [-0.2, 0) is 7.05 Å². The van der Waals surface area contributed by atoms with Crippen molar-refractivity contribution in [2.75, 3.05) is 11.5 Å². The zero-order valence-corrected chi connectivity index (χ0v) is 17.2. The molecule has 0 aliphatic carbocycles. The molecule has 0 radical (unpaired) electrons. The molecule has 12 nitrogen and oxygen atoms in total. The van der Waals surface area contributed by atoms with Gasteiger partial charge in [0.25, 0.3) is 5.91 Å². The lowest BCUT2D eigenvalue weighted by molar-refractivity contribution is -0.730. The van der Waals surface area contributed by atoms with Crippen LogP contribution in [-0.4, -0.2) is 22.1 Å². The average Bonchev–Trinajstić information content (AvgIpc) is 3.26. The molecule has 0 bridgehead atoms. The minimum absolute atomic E-state index is 0.00918. The highest BCUT2D eigenvalue weighted by molar-refractivity contribution is 7.21. The number of nitrogens with zero attached hydrogens (tertiary/aromatic N) is 4. The van der Waals surface area contributed by atoms with Gasteiger partial charge < -0.3 is 22.3 Å². The Hall–Kier alpha value is -4.70. The molecule has 32 heavy (non-hydrogen) atoms. The molecule has 0 saturated heterocycles. The summed E-state index contributed by atoms with van der Waals surface area (Å²) in [5.74, 6) is -1.65. The van der Waals surface area contributed by atoms with Crippen molar-refractivity contribution in [3.05, 3.63) is 50.7 Å². The molecule has 4 rings (SSSR count). The Morgan fingerprint density at radius 1 is 1.38 bits per heavy atom. The number of thiophene rings is 1. The number of anilines is 2. The lowest BCUT2D eigenvalue weighted by Crippen LogP contribution is -2.34. The number of carbonyl (C=O) groups excluding carboxylic acids is 1. The SMILES string of the molecule is C[n+]1[nH]oc(=O)c1-c1c(C#N)c(N)nc2sc(C([O-])=Nc3ccccc3C(N)=O)c(N)c12. The predicted molar refractivity (Wildman–Crippen MR) is 114 cm³/mol. The minimum Gasteiger partial charge on any atom is -0.858 e. The number of carbonyl (C=O) groups is 1. The summed E-state index contributed by atoms with van der Waals surface area (Å²) in [6.07, 6.45) is 0. The molecule has 160 valence electrons. The second kappa shape index (κ2) is 7.52. The molecule has 0 saturated carbocycles. The van der Waals surface area contributed by atoms with E-state index < -0.39 is 17.4 Å². The number of aryl methyl sites for hydroxylation is 1. The van der Waals surface area contributed by atoms with Crippen LogP contribution in [0.5, 0.6) is 0 Å². The summed E-state index contributed by atoms with van der Waals surface area (Å²) in [7, 11) is 1.49. The van der Waals surface area contributed by atoms with Crippen molar-refractivity contribution in [2.45, 2.75) is 0 Å².